The number of nitrogens with zero attached hydrogens (tertiary/aromatic N) is 5. The van der Waals surface area contributed by atoms with Crippen molar-refractivity contribution in [2.24, 2.45) is 0 Å². The van der Waals surface area contributed by atoms with Gasteiger partial charge in [0.1, 0.15) is 23.8 Å². The van der Waals surface area contributed by atoms with Crippen molar-refractivity contribution < 1.29 is 14.1 Å². The number of aromatic nitrogens is 3. The van der Waals surface area contributed by atoms with Crippen LogP contribution in [0.2, 0.25) is 0 Å². The lowest BCUT2D eigenvalue weighted by Crippen LogP contribution is -2.48. The fourth-order valence-corrected chi connectivity index (χ4v) is 4.42. The Morgan fingerprint density at radius 2 is 1.83 bits per heavy atom. The largest absolute Gasteiger partial charge is 0.489 e. The highest BCUT2D eigenvalue weighted by molar-refractivity contribution is 5.79. The number of hydrogen-bond donors (Lipinski definition) is 0. The molecule has 5 rings (SSSR count). The van der Waals surface area contributed by atoms with Gasteiger partial charge in [-0.3, -0.25) is 18.9 Å². The maximum atomic E-state index is 12.9. The Morgan fingerprint density at radius 3 is 2.56 bits per heavy atom. The van der Waals surface area contributed by atoms with Gasteiger partial charge in [0.25, 0.3) is 5.56 Å². The molecule has 0 atom stereocenters. The SMILES string of the molecule is Cc1noc(C)c1COc1ccc(CC(=O)N2CCN(Cc3cc(=O)n4ccccc4n3)CC2)cc1. The van der Waals surface area contributed by atoms with Crippen molar-refractivity contribution in [3.8, 4) is 5.75 Å². The Labute approximate surface area is 208 Å². The van der Waals surface area contributed by atoms with Crippen LogP contribution in [-0.4, -0.2) is 56.4 Å². The number of rotatable bonds is 7. The minimum Gasteiger partial charge on any atom is -0.489 e. The minimum atomic E-state index is -0.0791. The summed E-state index contributed by atoms with van der Waals surface area (Å²) in [6.07, 6.45) is 2.08. The highest BCUT2D eigenvalue weighted by atomic mass is 16.5. The van der Waals surface area contributed by atoms with E-state index < -0.39 is 0 Å². The van der Waals surface area contributed by atoms with Gasteiger partial charge in [-0.25, -0.2) is 4.98 Å². The lowest BCUT2D eigenvalue weighted by Gasteiger charge is -2.34. The Hall–Kier alpha value is -3.98. The first kappa shape index (κ1) is 23.7. The van der Waals surface area contributed by atoms with Crippen LogP contribution in [-0.2, 0) is 24.4 Å². The van der Waals surface area contributed by atoms with E-state index in [9.17, 15) is 9.59 Å². The zero-order valence-electron chi connectivity index (χ0n) is 20.5. The van der Waals surface area contributed by atoms with Gasteiger partial charge < -0.3 is 14.2 Å². The van der Waals surface area contributed by atoms with Gasteiger partial charge in [-0.1, -0.05) is 23.4 Å². The van der Waals surface area contributed by atoms with E-state index in [4.69, 9.17) is 9.26 Å². The molecule has 1 aliphatic rings. The first-order valence-electron chi connectivity index (χ1n) is 12.1. The summed E-state index contributed by atoms with van der Waals surface area (Å²) in [7, 11) is 0. The van der Waals surface area contributed by atoms with Gasteiger partial charge >= 0.3 is 0 Å². The highest BCUT2D eigenvalue weighted by Gasteiger charge is 2.22. The van der Waals surface area contributed by atoms with Crippen LogP contribution in [0.1, 0.15) is 28.3 Å². The van der Waals surface area contributed by atoms with Crippen molar-refractivity contribution >= 4 is 11.6 Å². The average molecular weight is 488 g/mol. The summed E-state index contributed by atoms with van der Waals surface area (Å²) >= 11 is 0. The molecule has 0 unspecified atom stereocenters. The molecule has 9 heteroatoms. The van der Waals surface area contributed by atoms with E-state index in [1.54, 1.807) is 12.3 Å². The van der Waals surface area contributed by atoms with Crippen LogP contribution in [0.15, 0.2) is 64.0 Å². The molecule has 186 valence electrons. The molecule has 0 saturated carbocycles. The molecule has 1 fully saturated rings. The third-order valence-corrected chi connectivity index (χ3v) is 6.58. The molecule has 4 aromatic rings. The molecular weight excluding hydrogens is 458 g/mol. The second kappa shape index (κ2) is 10.3. The van der Waals surface area contributed by atoms with Gasteiger partial charge in [-0.05, 0) is 43.7 Å². The number of hydrogen-bond acceptors (Lipinski definition) is 7. The Kier molecular flexibility index (Phi) is 6.81. The van der Waals surface area contributed by atoms with Crippen molar-refractivity contribution in [3.63, 3.8) is 0 Å². The molecule has 9 nitrogen and oxygen atoms in total. The number of pyridine rings is 1. The van der Waals surface area contributed by atoms with Crippen LogP contribution in [0, 0.1) is 13.8 Å². The lowest BCUT2D eigenvalue weighted by atomic mass is 10.1. The van der Waals surface area contributed by atoms with Crippen molar-refractivity contribution in [1.29, 1.82) is 0 Å². The molecule has 1 aromatic carbocycles. The molecule has 0 radical (unpaired) electrons. The van der Waals surface area contributed by atoms with Crippen molar-refractivity contribution in [2.45, 2.75) is 33.4 Å². The van der Waals surface area contributed by atoms with Crippen molar-refractivity contribution in [1.82, 2.24) is 24.3 Å². The Bertz CT molecular complexity index is 1400. The van der Waals surface area contributed by atoms with E-state index in [0.29, 0.717) is 38.3 Å². The molecule has 4 heterocycles. The number of amides is 1. The number of aryl methyl sites for hydroxylation is 2. The maximum absolute atomic E-state index is 12.9. The topological polar surface area (TPSA) is 93.2 Å². The van der Waals surface area contributed by atoms with Gasteiger partial charge in [0.2, 0.25) is 5.91 Å². The predicted molar refractivity (Wildman–Crippen MR) is 134 cm³/mol. The van der Waals surface area contributed by atoms with Crippen LogP contribution in [0.4, 0.5) is 0 Å². The van der Waals surface area contributed by atoms with Gasteiger partial charge in [0.05, 0.1) is 23.4 Å². The fourth-order valence-electron chi connectivity index (χ4n) is 4.42. The normalized spacial score (nSPS) is 14.3. The first-order chi connectivity index (χ1) is 17.5. The minimum absolute atomic E-state index is 0.0791. The number of carbonyl (C=O) groups is 1. The highest BCUT2D eigenvalue weighted by Crippen LogP contribution is 2.18. The standard InChI is InChI=1S/C27H29N5O4/c1-19-24(20(2)36-29-19)18-35-23-8-6-21(7-9-23)15-26(33)31-13-11-30(12-14-31)17-22-16-27(34)32-10-4-3-5-25(32)28-22/h3-10,16H,11-15,17-18H2,1-2H3. The Balaban J connectivity index is 1.11. The predicted octanol–water partition coefficient (Wildman–Crippen LogP) is 2.77. The number of benzene rings is 1. The van der Waals surface area contributed by atoms with Crippen LogP contribution in [0.5, 0.6) is 5.75 Å². The molecule has 36 heavy (non-hydrogen) atoms. The van der Waals surface area contributed by atoms with Crippen LogP contribution in [0.25, 0.3) is 5.65 Å². The molecular formula is C27H29N5O4. The van der Waals surface area contributed by atoms with Crippen LogP contribution >= 0.6 is 0 Å². The fraction of sp³-hybridized carbons (Fsp3) is 0.333. The van der Waals surface area contributed by atoms with E-state index in [1.165, 1.54) is 4.40 Å². The number of ether oxygens (including phenoxy) is 1. The van der Waals surface area contributed by atoms with E-state index in [1.807, 2.05) is 61.2 Å². The van der Waals surface area contributed by atoms with E-state index in [0.717, 1.165) is 47.1 Å². The summed E-state index contributed by atoms with van der Waals surface area (Å²) in [5.41, 5.74) is 4.06. The Morgan fingerprint density at radius 1 is 1.06 bits per heavy atom. The smallest absolute Gasteiger partial charge is 0.258 e. The third kappa shape index (κ3) is 5.31. The summed E-state index contributed by atoms with van der Waals surface area (Å²) in [6, 6.07) is 14.7. The zero-order chi connectivity index (χ0) is 25.1. The quantitative estimate of drug-likeness (QED) is 0.396. The van der Waals surface area contributed by atoms with Crippen molar-refractivity contribution in [2.75, 3.05) is 26.2 Å². The zero-order valence-corrected chi connectivity index (χ0v) is 20.5. The monoisotopic (exact) mass is 487 g/mol. The third-order valence-electron chi connectivity index (χ3n) is 6.58. The van der Waals surface area contributed by atoms with E-state index in [2.05, 4.69) is 15.0 Å². The second-order valence-corrected chi connectivity index (χ2v) is 9.08. The van der Waals surface area contributed by atoms with Gasteiger partial charge in [0, 0.05) is 45.0 Å². The number of fused-ring (bicyclic) bond motifs is 1. The van der Waals surface area contributed by atoms with E-state index >= 15 is 0 Å². The molecule has 0 N–H and O–H groups in total. The van der Waals surface area contributed by atoms with Crippen LogP contribution in [0.3, 0.4) is 0 Å². The van der Waals surface area contributed by atoms with Crippen LogP contribution < -0.4 is 10.3 Å². The summed E-state index contributed by atoms with van der Waals surface area (Å²) in [6.45, 7) is 7.56. The first-order valence-corrected chi connectivity index (χ1v) is 12.1. The molecule has 1 saturated heterocycles. The molecule has 1 amide bonds. The van der Waals surface area contributed by atoms with Gasteiger partial charge in [0.15, 0.2) is 0 Å². The van der Waals surface area contributed by atoms with Gasteiger partial charge in [-0.2, -0.15) is 0 Å². The molecule has 3 aromatic heterocycles. The average Bonchev–Trinajstić information content (AvgIpc) is 3.21. The number of piperazine rings is 1. The summed E-state index contributed by atoms with van der Waals surface area (Å²) in [5.74, 6) is 1.61. The van der Waals surface area contributed by atoms with Gasteiger partial charge in [-0.15, -0.1) is 0 Å². The summed E-state index contributed by atoms with van der Waals surface area (Å²) < 4.78 is 12.6. The molecule has 0 aliphatic carbocycles. The molecule has 0 spiro atoms. The summed E-state index contributed by atoms with van der Waals surface area (Å²) in [4.78, 5) is 33.9. The number of carbonyl (C=O) groups excluding carboxylic acids is 1. The maximum Gasteiger partial charge on any atom is 0.258 e. The van der Waals surface area contributed by atoms with Crippen molar-refractivity contribution in [3.05, 3.63) is 93.4 Å². The summed E-state index contributed by atoms with van der Waals surface area (Å²) in [5, 5.41) is 3.94. The second-order valence-electron chi connectivity index (χ2n) is 9.08. The molecule has 0 bridgehead atoms. The van der Waals surface area contributed by atoms with E-state index in [-0.39, 0.29) is 11.5 Å². The molecule has 1 aliphatic heterocycles. The lowest BCUT2D eigenvalue weighted by molar-refractivity contribution is -0.132.